The van der Waals surface area contributed by atoms with E-state index in [1.54, 1.807) is 0 Å². The summed E-state index contributed by atoms with van der Waals surface area (Å²) in [4.78, 5) is 2.58. The van der Waals surface area contributed by atoms with E-state index in [0.29, 0.717) is 0 Å². The van der Waals surface area contributed by atoms with Crippen molar-refractivity contribution >= 4 is 0 Å². The first-order valence-electron chi connectivity index (χ1n) is 6.18. The maximum atomic E-state index is 3.62. The maximum absolute atomic E-state index is 3.62. The normalized spacial score (nSPS) is 23.4. The molecule has 1 aliphatic rings. The lowest BCUT2D eigenvalue weighted by atomic mass is 10.0. The summed E-state index contributed by atoms with van der Waals surface area (Å²) in [5, 5.41) is 3.62. The van der Waals surface area contributed by atoms with Gasteiger partial charge in [0, 0.05) is 19.1 Å². The lowest BCUT2D eigenvalue weighted by Gasteiger charge is -2.30. The second-order valence-electron chi connectivity index (χ2n) is 4.89. The van der Waals surface area contributed by atoms with Gasteiger partial charge in [0.2, 0.25) is 0 Å². The molecule has 0 amide bonds. The second-order valence-corrected chi connectivity index (χ2v) is 4.89. The van der Waals surface area contributed by atoms with E-state index >= 15 is 0 Å². The van der Waals surface area contributed by atoms with E-state index in [1.165, 1.54) is 45.4 Å². The van der Waals surface area contributed by atoms with E-state index in [1.807, 2.05) is 0 Å². The molecule has 1 fully saturated rings. The first-order valence-corrected chi connectivity index (χ1v) is 6.18. The molecule has 0 aromatic heterocycles. The quantitative estimate of drug-likeness (QED) is 0.728. The molecule has 1 saturated heterocycles. The fourth-order valence-electron chi connectivity index (χ4n) is 2.24. The van der Waals surface area contributed by atoms with Crippen molar-refractivity contribution in [3.63, 3.8) is 0 Å². The zero-order chi connectivity index (χ0) is 10.4. The minimum atomic E-state index is 0.752. The Labute approximate surface area is 89.1 Å². The Balaban J connectivity index is 2.23. The Bertz CT molecular complexity index is 139. The molecule has 14 heavy (non-hydrogen) atoms. The van der Waals surface area contributed by atoms with Gasteiger partial charge in [0.05, 0.1) is 0 Å². The number of hydrogen-bond donors (Lipinski definition) is 1. The lowest BCUT2D eigenvalue weighted by molar-refractivity contribution is 0.213. The standard InChI is InChI=1S/C12H26N2/c1-4-14(9-11(2)3)10-12-7-5-6-8-13-12/h11-13H,4-10H2,1-3H3. The van der Waals surface area contributed by atoms with E-state index in [9.17, 15) is 0 Å². The van der Waals surface area contributed by atoms with Crippen molar-refractivity contribution in [2.75, 3.05) is 26.2 Å². The van der Waals surface area contributed by atoms with Gasteiger partial charge in [-0.1, -0.05) is 27.2 Å². The van der Waals surface area contributed by atoms with Gasteiger partial charge in [-0.2, -0.15) is 0 Å². The van der Waals surface area contributed by atoms with Gasteiger partial charge in [-0.05, 0) is 31.8 Å². The minimum absolute atomic E-state index is 0.752. The Morgan fingerprint density at radius 1 is 1.36 bits per heavy atom. The first-order chi connectivity index (χ1) is 6.72. The smallest absolute Gasteiger partial charge is 0.0195 e. The highest BCUT2D eigenvalue weighted by molar-refractivity contribution is 4.76. The van der Waals surface area contributed by atoms with Crippen LogP contribution in [-0.4, -0.2) is 37.1 Å². The van der Waals surface area contributed by atoms with E-state index in [2.05, 4.69) is 31.0 Å². The predicted molar refractivity (Wildman–Crippen MR) is 62.6 cm³/mol. The molecule has 0 radical (unpaired) electrons. The molecule has 0 aromatic carbocycles. The van der Waals surface area contributed by atoms with Crippen molar-refractivity contribution in [3.05, 3.63) is 0 Å². The van der Waals surface area contributed by atoms with Gasteiger partial charge >= 0.3 is 0 Å². The number of nitrogens with zero attached hydrogens (tertiary/aromatic N) is 1. The van der Waals surface area contributed by atoms with Crippen molar-refractivity contribution < 1.29 is 0 Å². The van der Waals surface area contributed by atoms with Gasteiger partial charge in [0.25, 0.3) is 0 Å². The van der Waals surface area contributed by atoms with Crippen molar-refractivity contribution in [3.8, 4) is 0 Å². The van der Waals surface area contributed by atoms with Crippen molar-refractivity contribution in [2.45, 2.75) is 46.1 Å². The van der Waals surface area contributed by atoms with Crippen LogP contribution in [0.5, 0.6) is 0 Å². The molecule has 1 N–H and O–H groups in total. The fraction of sp³-hybridized carbons (Fsp3) is 1.00. The third kappa shape index (κ3) is 4.43. The van der Waals surface area contributed by atoms with Crippen LogP contribution < -0.4 is 5.32 Å². The van der Waals surface area contributed by atoms with Crippen molar-refractivity contribution in [2.24, 2.45) is 5.92 Å². The largest absolute Gasteiger partial charge is 0.313 e. The molecular formula is C12H26N2. The molecule has 0 saturated carbocycles. The van der Waals surface area contributed by atoms with Crippen molar-refractivity contribution in [1.82, 2.24) is 10.2 Å². The zero-order valence-corrected chi connectivity index (χ0v) is 10.1. The van der Waals surface area contributed by atoms with Crippen LogP contribution in [0.2, 0.25) is 0 Å². The Kier molecular flexibility index (Phi) is 5.49. The van der Waals surface area contributed by atoms with Gasteiger partial charge in [-0.25, -0.2) is 0 Å². The summed E-state index contributed by atoms with van der Waals surface area (Å²) in [6, 6.07) is 0.752. The maximum Gasteiger partial charge on any atom is 0.0195 e. The molecule has 0 aliphatic carbocycles. The summed E-state index contributed by atoms with van der Waals surface area (Å²) in [7, 11) is 0. The minimum Gasteiger partial charge on any atom is -0.313 e. The van der Waals surface area contributed by atoms with E-state index in [-0.39, 0.29) is 0 Å². The molecule has 1 heterocycles. The molecule has 0 spiro atoms. The Morgan fingerprint density at radius 2 is 2.14 bits per heavy atom. The van der Waals surface area contributed by atoms with Crippen LogP contribution in [0.4, 0.5) is 0 Å². The van der Waals surface area contributed by atoms with Crippen LogP contribution in [0.1, 0.15) is 40.0 Å². The summed E-state index contributed by atoms with van der Waals surface area (Å²) in [6.45, 7) is 11.8. The van der Waals surface area contributed by atoms with Crippen LogP contribution >= 0.6 is 0 Å². The van der Waals surface area contributed by atoms with Crippen LogP contribution in [-0.2, 0) is 0 Å². The third-order valence-electron chi connectivity index (χ3n) is 2.96. The molecule has 2 nitrogen and oxygen atoms in total. The molecule has 1 aliphatic heterocycles. The molecule has 1 atom stereocenters. The molecule has 2 heteroatoms. The molecule has 0 bridgehead atoms. The summed E-state index contributed by atoms with van der Waals surface area (Å²) in [6.07, 6.45) is 4.15. The molecular weight excluding hydrogens is 172 g/mol. The zero-order valence-electron chi connectivity index (χ0n) is 10.1. The summed E-state index contributed by atoms with van der Waals surface area (Å²) in [5.41, 5.74) is 0. The Morgan fingerprint density at radius 3 is 2.64 bits per heavy atom. The van der Waals surface area contributed by atoms with E-state index in [4.69, 9.17) is 0 Å². The number of piperidine rings is 1. The van der Waals surface area contributed by atoms with Crippen LogP contribution in [0.25, 0.3) is 0 Å². The highest BCUT2D eigenvalue weighted by Gasteiger charge is 2.15. The summed E-state index contributed by atoms with van der Waals surface area (Å²) >= 11 is 0. The van der Waals surface area contributed by atoms with E-state index in [0.717, 1.165) is 12.0 Å². The third-order valence-corrected chi connectivity index (χ3v) is 2.96. The fourth-order valence-corrected chi connectivity index (χ4v) is 2.24. The topological polar surface area (TPSA) is 15.3 Å². The number of rotatable bonds is 5. The molecule has 1 unspecified atom stereocenters. The van der Waals surface area contributed by atoms with Gasteiger partial charge in [-0.15, -0.1) is 0 Å². The molecule has 1 rings (SSSR count). The average Bonchev–Trinajstić information content (AvgIpc) is 2.17. The molecule has 84 valence electrons. The predicted octanol–water partition coefficient (Wildman–Crippen LogP) is 2.11. The highest BCUT2D eigenvalue weighted by atomic mass is 15.1. The van der Waals surface area contributed by atoms with Gasteiger partial charge in [0.15, 0.2) is 0 Å². The lowest BCUT2D eigenvalue weighted by Crippen LogP contribution is -2.44. The SMILES string of the molecule is CCN(CC(C)C)CC1CCCCN1. The van der Waals surface area contributed by atoms with Gasteiger partial charge < -0.3 is 10.2 Å². The van der Waals surface area contributed by atoms with Gasteiger partial charge in [0.1, 0.15) is 0 Å². The van der Waals surface area contributed by atoms with Gasteiger partial charge in [-0.3, -0.25) is 0 Å². The summed E-state index contributed by atoms with van der Waals surface area (Å²) < 4.78 is 0. The summed E-state index contributed by atoms with van der Waals surface area (Å²) in [5.74, 6) is 0.790. The van der Waals surface area contributed by atoms with Crippen LogP contribution in [0.3, 0.4) is 0 Å². The molecule has 0 aromatic rings. The van der Waals surface area contributed by atoms with Crippen molar-refractivity contribution in [1.29, 1.82) is 0 Å². The first kappa shape index (κ1) is 12.0. The van der Waals surface area contributed by atoms with Crippen LogP contribution in [0.15, 0.2) is 0 Å². The number of nitrogens with one attached hydrogen (secondary N) is 1. The average molecular weight is 198 g/mol. The second kappa shape index (κ2) is 6.41. The Hall–Kier alpha value is -0.0800. The highest BCUT2D eigenvalue weighted by Crippen LogP contribution is 2.09. The monoisotopic (exact) mass is 198 g/mol. The van der Waals surface area contributed by atoms with Crippen LogP contribution in [0, 0.1) is 5.92 Å². The van der Waals surface area contributed by atoms with E-state index < -0.39 is 0 Å². The number of hydrogen-bond acceptors (Lipinski definition) is 2. The number of likely N-dealkylation sites (N-methyl/N-ethyl adjacent to an activating group) is 1.